The highest BCUT2D eigenvalue weighted by molar-refractivity contribution is 5.21. The fraction of sp³-hybridized carbons (Fsp3) is 0.400. The van der Waals surface area contributed by atoms with Gasteiger partial charge in [-0.25, -0.2) is 0 Å². The third-order valence-corrected chi connectivity index (χ3v) is 3.20. The van der Waals surface area contributed by atoms with Crippen LogP contribution in [0.15, 0.2) is 42.6 Å². The van der Waals surface area contributed by atoms with Crippen molar-refractivity contribution in [2.45, 2.75) is 32.2 Å². The van der Waals surface area contributed by atoms with Crippen molar-refractivity contribution >= 4 is 0 Å². The lowest BCUT2D eigenvalue weighted by Crippen LogP contribution is -2.15. The molecule has 2 rings (SSSR count). The monoisotopic (exact) mass is 243 g/mol. The summed E-state index contributed by atoms with van der Waals surface area (Å²) in [4.78, 5) is 0. The van der Waals surface area contributed by atoms with Gasteiger partial charge in [0.2, 0.25) is 0 Å². The molecular weight excluding hydrogens is 222 g/mol. The van der Waals surface area contributed by atoms with E-state index in [4.69, 9.17) is 5.73 Å². The quantitative estimate of drug-likeness (QED) is 0.877. The van der Waals surface area contributed by atoms with Gasteiger partial charge in [-0.3, -0.25) is 4.68 Å². The summed E-state index contributed by atoms with van der Waals surface area (Å²) in [5.74, 6) is 0.349. The molecule has 1 aromatic heterocycles. The molecular formula is C15H21N3. The van der Waals surface area contributed by atoms with Crippen molar-refractivity contribution < 1.29 is 0 Å². The highest BCUT2D eigenvalue weighted by atomic mass is 15.3. The molecule has 0 aliphatic heterocycles. The second-order valence-corrected chi connectivity index (χ2v) is 4.93. The van der Waals surface area contributed by atoms with Crippen LogP contribution in [-0.2, 0) is 6.42 Å². The van der Waals surface area contributed by atoms with Crippen LogP contribution in [-0.4, -0.2) is 16.3 Å². The molecule has 1 unspecified atom stereocenters. The van der Waals surface area contributed by atoms with E-state index in [0.29, 0.717) is 18.5 Å². The summed E-state index contributed by atoms with van der Waals surface area (Å²) in [6.45, 7) is 4.92. The number of rotatable bonds is 5. The Morgan fingerprint density at radius 2 is 1.89 bits per heavy atom. The van der Waals surface area contributed by atoms with Gasteiger partial charge in [0.05, 0.1) is 5.69 Å². The normalized spacial score (nSPS) is 12.9. The SMILES string of the molecule is CC(C)n1ccc(CC(CN)c2ccccc2)n1. The summed E-state index contributed by atoms with van der Waals surface area (Å²) in [7, 11) is 0. The maximum atomic E-state index is 5.88. The van der Waals surface area contributed by atoms with Crippen LogP contribution in [0.4, 0.5) is 0 Å². The van der Waals surface area contributed by atoms with E-state index in [9.17, 15) is 0 Å². The average Bonchev–Trinajstić information content (AvgIpc) is 2.86. The molecule has 0 fully saturated rings. The first-order valence-corrected chi connectivity index (χ1v) is 6.49. The first-order chi connectivity index (χ1) is 8.70. The Morgan fingerprint density at radius 3 is 2.44 bits per heavy atom. The molecule has 1 heterocycles. The van der Waals surface area contributed by atoms with E-state index in [1.54, 1.807) is 0 Å². The summed E-state index contributed by atoms with van der Waals surface area (Å²) in [6, 6.07) is 12.9. The molecule has 0 radical (unpaired) electrons. The van der Waals surface area contributed by atoms with Crippen molar-refractivity contribution in [3.8, 4) is 0 Å². The highest BCUT2D eigenvalue weighted by Crippen LogP contribution is 2.19. The third-order valence-electron chi connectivity index (χ3n) is 3.20. The van der Waals surface area contributed by atoms with Crippen LogP contribution in [0.1, 0.15) is 37.1 Å². The van der Waals surface area contributed by atoms with E-state index in [-0.39, 0.29) is 0 Å². The molecule has 0 saturated heterocycles. The number of hydrogen-bond acceptors (Lipinski definition) is 2. The van der Waals surface area contributed by atoms with E-state index in [2.05, 4.69) is 49.3 Å². The van der Waals surface area contributed by atoms with Crippen LogP contribution in [0, 0.1) is 0 Å². The fourth-order valence-electron chi connectivity index (χ4n) is 2.09. The summed E-state index contributed by atoms with van der Waals surface area (Å²) in [5, 5.41) is 4.58. The molecule has 1 aromatic carbocycles. The van der Waals surface area contributed by atoms with Gasteiger partial charge < -0.3 is 5.73 Å². The van der Waals surface area contributed by atoms with Gasteiger partial charge in [0.1, 0.15) is 0 Å². The number of benzene rings is 1. The van der Waals surface area contributed by atoms with Crippen molar-refractivity contribution in [1.29, 1.82) is 0 Å². The first kappa shape index (κ1) is 12.8. The minimum absolute atomic E-state index is 0.349. The minimum Gasteiger partial charge on any atom is -0.330 e. The van der Waals surface area contributed by atoms with Gasteiger partial charge in [0.15, 0.2) is 0 Å². The molecule has 1 atom stereocenters. The predicted octanol–water partition coefficient (Wildman–Crippen LogP) is 2.75. The van der Waals surface area contributed by atoms with Crippen molar-refractivity contribution in [3.05, 3.63) is 53.9 Å². The fourth-order valence-corrected chi connectivity index (χ4v) is 2.09. The predicted molar refractivity (Wildman–Crippen MR) is 74.6 cm³/mol. The van der Waals surface area contributed by atoms with E-state index >= 15 is 0 Å². The van der Waals surface area contributed by atoms with Gasteiger partial charge in [-0.2, -0.15) is 5.10 Å². The van der Waals surface area contributed by atoms with Crippen molar-refractivity contribution in [2.75, 3.05) is 6.54 Å². The van der Waals surface area contributed by atoms with Crippen LogP contribution in [0.25, 0.3) is 0 Å². The second-order valence-electron chi connectivity index (χ2n) is 4.93. The molecule has 0 aliphatic carbocycles. The summed E-state index contributed by atoms with van der Waals surface area (Å²) in [6.07, 6.45) is 2.94. The molecule has 3 nitrogen and oxygen atoms in total. The Morgan fingerprint density at radius 1 is 1.17 bits per heavy atom. The van der Waals surface area contributed by atoms with Crippen LogP contribution in [0.5, 0.6) is 0 Å². The van der Waals surface area contributed by atoms with Crippen LogP contribution < -0.4 is 5.73 Å². The molecule has 0 saturated carbocycles. The van der Waals surface area contributed by atoms with Gasteiger partial charge in [0, 0.05) is 18.2 Å². The number of hydrogen-bond donors (Lipinski definition) is 1. The molecule has 2 N–H and O–H groups in total. The Hall–Kier alpha value is -1.61. The lowest BCUT2D eigenvalue weighted by atomic mass is 9.94. The Balaban J connectivity index is 2.10. The third kappa shape index (κ3) is 2.99. The van der Waals surface area contributed by atoms with Gasteiger partial charge >= 0.3 is 0 Å². The molecule has 0 spiro atoms. The van der Waals surface area contributed by atoms with E-state index < -0.39 is 0 Å². The lowest BCUT2D eigenvalue weighted by molar-refractivity contribution is 0.522. The Labute approximate surface area is 109 Å². The topological polar surface area (TPSA) is 43.8 Å². The Bertz CT molecular complexity index is 473. The number of aromatic nitrogens is 2. The highest BCUT2D eigenvalue weighted by Gasteiger charge is 2.12. The van der Waals surface area contributed by atoms with Crippen molar-refractivity contribution in [2.24, 2.45) is 5.73 Å². The second kappa shape index (κ2) is 5.83. The van der Waals surface area contributed by atoms with E-state index in [0.717, 1.165) is 12.1 Å². The number of nitrogens with zero attached hydrogens (tertiary/aromatic N) is 2. The molecule has 96 valence electrons. The maximum absolute atomic E-state index is 5.88. The Kier molecular flexibility index (Phi) is 4.15. The van der Waals surface area contributed by atoms with Crippen molar-refractivity contribution in [1.82, 2.24) is 9.78 Å². The standard InChI is InChI=1S/C15H21N3/c1-12(2)18-9-8-15(17-18)10-14(11-16)13-6-4-3-5-7-13/h3-9,12,14H,10-11,16H2,1-2H3. The van der Waals surface area contributed by atoms with Crippen molar-refractivity contribution in [3.63, 3.8) is 0 Å². The zero-order valence-electron chi connectivity index (χ0n) is 11.1. The molecule has 18 heavy (non-hydrogen) atoms. The van der Waals surface area contributed by atoms with Gasteiger partial charge in [-0.1, -0.05) is 30.3 Å². The molecule has 0 aliphatic rings. The summed E-state index contributed by atoms with van der Waals surface area (Å²) in [5.41, 5.74) is 8.29. The van der Waals surface area contributed by atoms with Gasteiger partial charge in [0.25, 0.3) is 0 Å². The van der Waals surface area contributed by atoms with Gasteiger partial charge in [-0.15, -0.1) is 0 Å². The number of nitrogens with two attached hydrogens (primary N) is 1. The molecule has 2 aromatic rings. The van der Waals surface area contributed by atoms with Crippen LogP contribution >= 0.6 is 0 Å². The first-order valence-electron chi connectivity index (χ1n) is 6.49. The lowest BCUT2D eigenvalue weighted by Gasteiger charge is -2.13. The van der Waals surface area contributed by atoms with Crippen LogP contribution in [0.2, 0.25) is 0 Å². The summed E-state index contributed by atoms with van der Waals surface area (Å²) >= 11 is 0. The largest absolute Gasteiger partial charge is 0.330 e. The van der Waals surface area contributed by atoms with E-state index in [1.807, 2.05) is 16.9 Å². The zero-order chi connectivity index (χ0) is 13.0. The molecule has 0 bridgehead atoms. The van der Waals surface area contributed by atoms with Gasteiger partial charge in [-0.05, 0) is 38.4 Å². The molecule has 3 heteroatoms. The smallest absolute Gasteiger partial charge is 0.0631 e. The average molecular weight is 243 g/mol. The zero-order valence-corrected chi connectivity index (χ0v) is 11.1. The maximum Gasteiger partial charge on any atom is 0.0631 e. The van der Waals surface area contributed by atoms with E-state index in [1.165, 1.54) is 5.56 Å². The molecule has 0 amide bonds. The minimum atomic E-state index is 0.349. The summed E-state index contributed by atoms with van der Waals surface area (Å²) < 4.78 is 1.99. The van der Waals surface area contributed by atoms with Crippen LogP contribution in [0.3, 0.4) is 0 Å².